The Labute approximate surface area is 367 Å². The Morgan fingerprint density at radius 2 is 0.746 bits per heavy atom. The van der Waals surface area contributed by atoms with Gasteiger partial charge in [0.25, 0.3) is 0 Å². The fourth-order valence-corrected chi connectivity index (χ4v) is 8.71. The quantitative estimate of drug-likeness (QED) is 0.0353. The van der Waals surface area contributed by atoms with Gasteiger partial charge >= 0.3 is 13.8 Å². The van der Waals surface area contributed by atoms with Crippen molar-refractivity contribution in [2.75, 3.05) is 33.0 Å². The van der Waals surface area contributed by atoms with Gasteiger partial charge in [-0.25, -0.2) is 4.57 Å². The Morgan fingerprint density at radius 3 is 1.07 bits per heavy atom. The minimum atomic E-state index is -4.27. The van der Waals surface area contributed by atoms with Crippen LogP contribution >= 0.6 is 7.82 Å². The van der Waals surface area contributed by atoms with Gasteiger partial charge in [-0.1, -0.05) is 258 Å². The molecule has 0 amide bonds. The Balaban J connectivity index is 3.81. The first-order chi connectivity index (χ1) is 28.9. The lowest BCUT2D eigenvalue weighted by Gasteiger charge is -2.20. The van der Waals surface area contributed by atoms with Crippen LogP contribution in [0, 0.1) is 0 Å². The van der Waals surface area contributed by atoms with E-state index in [2.05, 4.69) is 13.8 Å². The number of rotatable bonds is 51. The number of carbonyl (C=O) groups excluding carboxylic acids is 1. The lowest BCUT2D eigenvalue weighted by atomic mass is 10.0. The van der Waals surface area contributed by atoms with Crippen LogP contribution < -0.4 is 5.73 Å². The van der Waals surface area contributed by atoms with Crippen molar-refractivity contribution in [3.63, 3.8) is 0 Å². The van der Waals surface area contributed by atoms with Crippen LogP contribution in [0.4, 0.5) is 0 Å². The summed E-state index contributed by atoms with van der Waals surface area (Å²) in [5.74, 6) is -0.321. The van der Waals surface area contributed by atoms with E-state index in [4.69, 9.17) is 24.3 Å². The molecule has 0 saturated carbocycles. The number of nitrogens with two attached hydrogens (primary N) is 1. The molecule has 0 spiro atoms. The van der Waals surface area contributed by atoms with E-state index in [1.54, 1.807) is 0 Å². The van der Waals surface area contributed by atoms with Gasteiger partial charge in [-0.05, 0) is 12.8 Å². The zero-order valence-corrected chi connectivity index (χ0v) is 40.4. The van der Waals surface area contributed by atoms with Crippen molar-refractivity contribution in [1.82, 2.24) is 0 Å². The van der Waals surface area contributed by atoms with E-state index in [1.807, 2.05) is 0 Å². The smallest absolute Gasteiger partial charge is 0.457 e. The van der Waals surface area contributed by atoms with E-state index < -0.39 is 13.9 Å². The van der Waals surface area contributed by atoms with Crippen LogP contribution in [0.5, 0.6) is 0 Å². The van der Waals surface area contributed by atoms with E-state index in [0.29, 0.717) is 13.0 Å². The van der Waals surface area contributed by atoms with Crippen LogP contribution in [0.3, 0.4) is 0 Å². The molecular formula is C50H102NO7P. The summed E-state index contributed by atoms with van der Waals surface area (Å²) in [6.45, 7) is 5.00. The summed E-state index contributed by atoms with van der Waals surface area (Å²) in [4.78, 5) is 22.6. The predicted octanol–water partition coefficient (Wildman–Crippen LogP) is 16.0. The monoisotopic (exact) mass is 860 g/mol. The fourth-order valence-electron chi connectivity index (χ4n) is 7.94. The van der Waals surface area contributed by atoms with Crippen molar-refractivity contribution in [1.29, 1.82) is 0 Å². The van der Waals surface area contributed by atoms with Gasteiger partial charge in [0.2, 0.25) is 0 Å². The molecule has 59 heavy (non-hydrogen) atoms. The zero-order valence-electron chi connectivity index (χ0n) is 39.5. The second-order valence-corrected chi connectivity index (χ2v) is 19.2. The van der Waals surface area contributed by atoms with Crippen LogP contribution in [0.15, 0.2) is 0 Å². The highest BCUT2D eigenvalue weighted by molar-refractivity contribution is 7.47. The average molecular weight is 860 g/mol. The lowest BCUT2D eigenvalue weighted by Crippen LogP contribution is -2.28. The molecule has 0 aliphatic rings. The van der Waals surface area contributed by atoms with E-state index >= 15 is 0 Å². The molecule has 0 aliphatic carbocycles. The molecule has 0 aliphatic heterocycles. The summed E-state index contributed by atoms with van der Waals surface area (Å²) in [6, 6.07) is 0. The maximum absolute atomic E-state index is 12.6. The second-order valence-electron chi connectivity index (χ2n) is 17.8. The molecule has 354 valence electrons. The van der Waals surface area contributed by atoms with Gasteiger partial charge in [-0.2, -0.15) is 0 Å². The molecule has 1 unspecified atom stereocenters. The fraction of sp³-hybridized carbons (Fsp3) is 0.980. The minimum Gasteiger partial charge on any atom is -0.457 e. The highest BCUT2D eigenvalue weighted by atomic mass is 31.2. The van der Waals surface area contributed by atoms with Gasteiger partial charge in [0.05, 0.1) is 19.8 Å². The third kappa shape index (κ3) is 48.4. The zero-order chi connectivity index (χ0) is 43.0. The van der Waals surface area contributed by atoms with Crippen LogP contribution in [-0.4, -0.2) is 49.9 Å². The first-order valence-electron chi connectivity index (χ1n) is 26.0. The van der Waals surface area contributed by atoms with Crippen molar-refractivity contribution >= 4 is 13.8 Å². The molecule has 0 fully saturated rings. The minimum absolute atomic E-state index is 0.0898. The Bertz CT molecular complexity index is 878. The summed E-state index contributed by atoms with van der Waals surface area (Å²) in [5, 5.41) is 0. The summed E-state index contributed by atoms with van der Waals surface area (Å²) in [6.07, 6.45) is 52.9. The third-order valence-corrected chi connectivity index (χ3v) is 12.8. The number of ether oxygens (including phenoxy) is 2. The van der Waals surface area contributed by atoms with Crippen LogP contribution in [0.1, 0.15) is 277 Å². The standard InChI is InChI=1S/C50H102NO7P/c1-3-5-7-9-11-13-15-17-19-20-21-22-23-24-25-26-27-28-29-30-31-33-35-37-39-41-43-50(52)58-49(48-57-59(53,54)56-46-44-51)47-55-45-42-40-38-36-34-32-18-16-14-12-10-8-6-4-2/h49H,3-48,51H2,1-2H3,(H,53,54)/t49-/m1/s1. The van der Waals surface area contributed by atoms with Crippen molar-refractivity contribution in [3.8, 4) is 0 Å². The number of carbonyl (C=O) groups is 1. The topological polar surface area (TPSA) is 117 Å². The maximum atomic E-state index is 12.6. The molecule has 0 radical (unpaired) electrons. The number of esters is 1. The van der Waals surface area contributed by atoms with E-state index in [0.717, 1.165) is 32.1 Å². The SMILES string of the molecule is CCCCCCCCCCCCCCCCCCCCCCCCCCCCC(=O)O[C@H](COCCCCCCCCCCCCCCCC)COP(=O)(O)OCCN. The van der Waals surface area contributed by atoms with Crippen molar-refractivity contribution in [2.24, 2.45) is 5.73 Å². The normalized spacial score (nSPS) is 13.2. The van der Waals surface area contributed by atoms with E-state index in [1.165, 1.54) is 225 Å². The molecule has 0 bridgehead atoms. The molecule has 0 aromatic carbocycles. The van der Waals surface area contributed by atoms with Crippen molar-refractivity contribution in [3.05, 3.63) is 0 Å². The van der Waals surface area contributed by atoms with Gasteiger partial charge in [0, 0.05) is 19.6 Å². The van der Waals surface area contributed by atoms with E-state index in [9.17, 15) is 14.3 Å². The molecule has 0 saturated heterocycles. The Hall–Kier alpha value is -0.500. The third-order valence-electron chi connectivity index (χ3n) is 11.8. The highest BCUT2D eigenvalue weighted by Gasteiger charge is 2.25. The first kappa shape index (κ1) is 58.5. The molecular weight excluding hydrogens is 758 g/mol. The van der Waals surface area contributed by atoms with Crippen LogP contribution in [0.25, 0.3) is 0 Å². The largest absolute Gasteiger partial charge is 0.472 e. The van der Waals surface area contributed by atoms with Gasteiger partial charge in [0.1, 0.15) is 6.10 Å². The van der Waals surface area contributed by atoms with Gasteiger partial charge in [0.15, 0.2) is 0 Å². The summed E-state index contributed by atoms with van der Waals surface area (Å²) >= 11 is 0. The molecule has 0 aromatic heterocycles. The highest BCUT2D eigenvalue weighted by Crippen LogP contribution is 2.43. The molecule has 3 N–H and O–H groups in total. The molecule has 2 atom stereocenters. The Morgan fingerprint density at radius 1 is 0.441 bits per heavy atom. The second kappa shape index (κ2) is 48.5. The van der Waals surface area contributed by atoms with Crippen LogP contribution in [-0.2, 0) is 27.9 Å². The number of hydrogen-bond acceptors (Lipinski definition) is 7. The summed E-state index contributed by atoms with van der Waals surface area (Å²) in [5.41, 5.74) is 5.39. The summed E-state index contributed by atoms with van der Waals surface area (Å²) < 4.78 is 33.6. The number of unbranched alkanes of at least 4 members (excludes halogenated alkanes) is 38. The van der Waals surface area contributed by atoms with Crippen LogP contribution in [0.2, 0.25) is 0 Å². The number of phosphoric acid groups is 1. The lowest BCUT2D eigenvalue weighted by molar-refractivity contribution is -0.154. The molecule has 8 nitrogen and oxygen atoms in total. The Kier molecular flexibility index (Phi) is 48.1. The molecule has 0 heterocycles. The first-order valence-corrected chi connectivity index (χ1v) is 27.5. The van der Waals surface area contributed by atoms with E-state index in [-0.39, 0.29) is 32.3 Å². The molecule has 9 heteroatoms. The number of hydrogen-bond donors (Lipinski definition) is 2. The average Bonchev–Trinajstić information content (AvgIpc) is 3.23. The van der Waals surface area contributed by atoms with Gasteiger partial charge < -0.3 is 20.1 Å². The maximum Gasteiger partial charge on any atom is 0.472 e. The number of phosphoric ester groups is 1. The molecule has 0 rings (SSSR count). The van der Waals surface area contributed by atoms with Gasteiger partial charge in [-0.15, -0.1) is 0 Å². The van der Waals surface area contributed by atoms with Crippen molar-refractivity contribution < 1.29 is 32.8 Å². The van der Waals surface area contributed by atoms with Crippen molar-refractivity contribution in [2.45, 2.75) is 283 Å². The molecule has 0 aromatic rings. The summed E-state index contributed by atoms with van der Waals surface area (Å²) in [7, 11) is -4.27. The predicted molar refractivity (Wildman–Crippen MR) is 252 cm³/mol. The van der Waals surface area contributed by atoms with Gasteiger partial charge in [-0.3, -0.25) is 13.8 Å².